The molecule has 0 radical (unpaired) electrons. The van der Waals surface area contributed by atoms with Crippen LogP contribution in [-0.4, -0.2) is 26.1 Å². The molecular weight excluding hydrogens is 623 g/mol. The normalized spacial score (nSPS) is 14.7. The van der Waals surface area contributed by atoms with E-state index in [9.17, 15) is 8.78 Å². The van der Waals surface area contributed by atoms with E-state index in [1.54, 1.807) is 0 Å². The molecule has 2 nitrogen and oxygen atoms in total. The summed E-state index contributed by atoms with van der Waals surface area (Å²) in [5, 5.41) is 3.79. The van der Waals surface area contributed by atoms with Gasteiger partial charge in [-0.05, 0) is 102 Å². The summed E-state index contributed by atoms with van der Waals surface area (Å²) in [6.07, 6.45) is 0. The topological polar surface area (TPSA) is 39.2 Å². The summed E-state index contributed by atoms with van der Waals surface area (Å²) in [5.74, 6) is 2.30. The van der Waals surface area contributed by atoms with Gasteiger partial charge in [0.25, 0.3) is 0 Å². The van der Waals surface area contributed by atoms with Crippen LogP contribution in [0.4, 0.5) is 8.78 Å². The van der Waals surface area contributed by atoms with Crippen molar-refractivity contribution in [1.82, 2.24) is 0 Å². The third-order valence-corrected chi connectivity index (χ3v) is 15.0. The van der Waals surface area contributed by atoms with E-state index in [-0.39, 0.29) is 51.9 Å². The summed E-state index contributed by atoms with van der Waals surface area (Å²) in [6, 6.07) is 13.9. The van der Waals surface area contributed by atoms with Crippen LogP contribution in [0.2, 0.25) is 0 Å². The Balaban J connectivity index is 0.00000276. The summed E-state index contributed by atoms with van der Waals surface area (Å²) in [6.45, 7) is 32.8. The Hall–Kier alpha value is -0.418. The zero-order chi connectivity index (χ0) is 28.8. The van der Waals surface area contributed by atoms with Crippen molar-refractivity contribution in [2.24, 2.45) is 0 Å². The largest absolute Gasteiger partial charge is 2.00 e. The van der Waals surface area contributed by atoms with Crippen LogP contribution in [0, 0.1) is 6.93 Å². The van der Waals surface area contributed by atoms with E-state index >= 15 is 0 Å². The molecule has 0 aliphatic carbocycles. The Labute approximate surface area is 253 Å². The van der Waals surface area contributed by atoms with Crippen LogP contribution >= 0.6 is 15.8 Å². The number of ether oxygens (including phenoxy) is 1. The second-order valence-corrected chi connectivity index (χ2v) is 23.5. The Kier molecular flexibility index (Phi) is 13.1. The summed E-state index contributed by atoms with van der Waals surface area (Å²) in [4.78, 5) is 0. The molecule has 7 heteroatoms. The fourth-order valence-corrected chi connectivity index (χ4v) is 15.9. The van der Waals surface area contributed by atoms with E-state index in [1.807, 2.05) is 0 Å². The standard InChI is InChI=1S/C31H48OP2.CHF2.H2O.Pd/c1-27(2,3)33(28(4,5)6)23-19-15-17-21-25(23)32-26-22(31(21,13)14)18-16-20-24(26)34(29(7,8)9)30(10,11)12;2-1-3;;/h15-20H,1-14H3;1H;1H2;/q;-1;;+2/p+1. The first-order chi connectivity index (χ1) is 16.6. The molecule has 1 aliphatic rings. The quantitative estimate of drug-likeness (QED) is 0.181. The van der Waals surface area contributed by atoms with Crippen LogP contribution in [0.1, 0.15) is 108 Å². The molecule has 1 N–H and O–H groups in total. The van der Waals surface area contributed by atoms with E-state index in [0.717, 1.165) is 11.5 Å². The van der Waals surface area contributed by atoms with Crippen molar-refractivity contribution >= 4 is 26.5 Å². The number of hydrogen-bond donors (Lipinski definition) is 0. The molecule has 1 heterocycles. The molecule has 0 unspecified atom stereocenters. The van der Waals surface area contributed by atoms with Crippen molar-refractivity contribution in [3.05, 3.63) is 54.5 Å². The van der Waals surface area contributed by atoms with E-state index in [1.165, 1.54) is 21.7 Å². The zero-order valence-corrected chi connectivity index (χ0v) is 30.0. The predicted molar refractivity (Wildman–Crippen MR) is 168 cm³/mol. The average molecular weight is 675 g/mol. The third-order valence-electron chi connectivity index (χ3n) is 7.12. The molecule has 0 atom stereocenters. The van der Waals surface area contributed by atoms with Crippen LogP contribution in [0.25, 0.3) is 0 Å². The zero-order valence-electron chi connectivity index (χ0n) is 26.5. The molecule has 2 aromatic carbocycles. The molecule has 0 aromatic heterocycles. The molecule has 224 valence electrons. The number of benzene rings is 2. The minimum absolute atomic E-state index is 0. The fourth-order valence-electron chi connectivity index (χ4n) is 6.79. The van der Waals surface area contributed by atoms with Gasteiger partial charge in [0.2, 0.25) is 0 Å². The summed E-state index contributed by atoms with van der Waals surface area (Å²) in [7, 11) is -1.90. The van der Waals surface area contributed by atoms with E-state index in [4.69, 9.17) is 4.74 Å². The monoisotopic (exact) mass is 674 g/mol. The van der Waals surface area contributed by atoms with Gasteiger partial charge in [0.15, 0.2) is 11.5 Å². The number of halogens is 2. The van der Waals surface area contributed by atoms with Crippen molar-refractivity contribution < 1.29 is 39.4 Å². The predicted octanol–water partition coefficient (Wildman–Crippen LogP) is 9.86. The van der Waals surface area contributed by atoms with Crippen LogP contribution in [0.3, 0.4) is 0 Å². The van der Waals surface area contributed by atoms with E-state index in [0.29, 0.717) is 0 Å². The molecular formula is C32H52F2O2P2Pd+2. The van der Waals surface area contributed by atoms with E-state index in [2.05, 4.69) is 133 Å². The molecule has 39 heavy (non-hydrogen) atoms. The first-order valence-electron chi connectivity index (χ1n) is 13.3. The molecule has 2 aromatic rings. The minimum atomic E-state index is -1.00. The third kappa shape index (κ3) is 8.33. The maximum atomic E-state index is 9.50. The molecule has 1 aliphatic heterocycles. The van der Waals surface area contributed by atoms with Crippen LogP contribution in [0.15, 0.2) is 36.4 Å². The van der Waals surface area contributed by atoms with Crippen LogP contribution in [0.5, 0.6) is 11.5 Å². The van der Waals surface area contributed by atoms with Gasteiger partial charge in [-0.2, -0.15) is 0 Å². The Morgan fingerprint density at radius 2 is 0.872 bits per heavy atom. The SMILES string of the molecule is CC1(C)c2cccc([PH+](C(C)(C)C)C(C)(C)C)c2Oc2c([PH+](C(C)(C)C)C(C)(C)C)cccc21.F[CH-]F.[OH-].[Pd+2]. The fraction of sp³-hybridized carbons (Fsp3) is 0.594. The van der Waals surface area contributed by atoms with E-state index < -0.39 is 22.8 Å². The summed E-state index contributed by atoms with van der Waals surface area (Å²) in [5.41, 5.74) is 2.58. The molecule has 0 amide bonds. The van der Waals surface area contributed by atoms with Gasteiger partial charge in [0.1, 0.15) is 10.6 Å². The molecule has 3 rings (SSSR count). The molecule has 0 saturated heterocycles. The Morgan fingerprint density at radius 3 is 1.10 bits per heavy atom. The van der Waals surface area contributed by atoms with Gasteiger partial charge in [-0.25, -0.2) is 0 Å². The Bertz CT molecular complexity index is 980. The van der Waals surface area contributed by atoms with Gasteiger partial charge < -0.3 is 19.0 Å². The molecule has 0 bridgehead atoms. The number of rotatable bonds is 2. The first kappa shape index (κ1) is 38.6. The van der Waals surface area contributed by atoms with Gasteiger partial charge in [0.05, 0.1) is 20.6 Å². The Morgan fingerprint density at radius 1 is 0.615 bits per heavy atom. The van der Waals surface area contributed by atoms with Crippen molar-refractivity contribution in [2.75, 3.05) is 0 Å². The average Bonchev–Trinajstić information content (AvgIpc) is 2.65. The van der Waals surface area contributed by atoms with Gasteiger partial charge in [-0.15, -0.1) is 0 Å². The number of para-hydroxylation sites is 2. The van der Waals surface area contributed by atoms with Gasteiger partial charge in [0, 0.05) is 32.4 Å². The maximum absolute atomic E-state index is 9.50. The van der Waals surface area contributed by atoms with Crippen molar-refractivity contribution in [1.29, 1.82) is 0 Å². The van der Waals surface area contributed by atoms with Crippen molar-refractivity contribution in [2.45, 2.75) is 123 Å². The van der Waals surface area contributed by atoms with Crippen LogP contribution in [-0.2, 0) is 25.8 Å². The van der Waals surface area contributed by atoms with Crippen molar-refractivity contribution in [3.63, 3.8) is 0 Å². The minimum Gasteiger partial charge on any atom is -0.870 e. The van der Waals surface area contributed by atoms with Gasteiger partial charge in [-0.3, -0.25) is 0 Å². The second kappa shape index (κ2) is 13.3. The smallest absolute Gasteiger partial charge is 0.870 e. The molecule has 0 fully saturated rings. The number of hydrogen-bond acceptors (Lipinski definition) is 2. The van der Waals surface area contributed by atoms with Gasteiger partial charge in [-0.1, -0.05) is 38.1 Å². The van der Waals surface area contributed by atoms with Gasteiger partial charge >= 0.3 is 20.4 Å². The van der Waals surface area contributed by atoms with Crippen LogP contribution < -0.4 is 15.3 Å². The summed E-state index contributed by atoms with van der Waals surface area (Å²) < 4.78 is 26.2. The second-order valence-electron chi connectivity index (χ2n) is 14.9. The molecule has 0 spiro atoms. The maximum Gasteiger partial charge on any atom is 2.00 e. The first-order valence-corrected chi connectivity index (χ1v) is 16.3. The van der Waals surface area contributed by atoms with Crippen molar-refractivity contribution in [3.8, 4) is 11.5 Å². The summed E-state index contributed by atoms with van der Waals surface area (Å²) >= 11 is 0. The number of fused-ring (bicyclic) bond motifs is 2. The molecule has 0 saturated carbocycles.